The minimum atomic E-state index is -4.02. The van der Waals surface area contributed by atoms with Crippen LogP contribution in [0.1, 0.15) is 16.7 Å². The van der Waals surface area contributed by atoms with Crippen LogP contribution in [0.4, 0.5) is 11.4 Å². The van der Waals surface area contributed by atoms with E-state index in [2.05, 4.69) is 5.32 Å². The Kier molecular flexibility index (Phi) is 4.67. The van der Waals surface area contributed by atoms with Gasteiger partial charge in [-0.25, -0.2) is 13.6 Å². The van der Waals surface area contributed by atoms with Gasteiger partial charge in [0.05, 0.1) is 9.82 Å². The van der Waals surface area contributed by atoms with Crippen molar-refractivity contribution in [1.82, 2.24) is 0 Å². The van der Waals surface area contributed by atoms with Crippen molar-refractivity contribution in [2.75, 3.05) is 5.32 Å². The molecule has 7 nitrogen and oxygen atoms in total. The van der Waals surface area contributed by atoms with Gasteiger partial charge >= 0.3 is 0 Å². The number of nitro groups is 1. The molecule has 8 heteroatoms. The monoisotopic (exact) mass is 335 g/mol. The Balaban J connectivity index is 2.32. The van der Waals surface area contributed by atoms with Gasteiger partial charge in [0, 0.05) is 24.4 Å². The Morgan fingerprint density at radius 1 is 1.17 bits per heavy atom. The van der Waals surface area contributed by atoms with Crippen LogP contribution in [0.2, 0.25) is 0 Å². The van der Waals surface area contributed by atoms with Crippen molar-refractivity contribution in [2.24, 2.45) is 5.14 Å². The molecule has 122 valence electrons. The number of benzene rings is 2. The first-order chi connectivity index (χ1) is 10.7. The topological polar surface area (TPSA) is 115 Å². The van der Waals surface area contributed by atoms with Crippen molar-refractivity contribution in [3.8, 4) is 0 Å². The number of anilines is 1. The Hall–Kier alpha value is -2.45. The molecule has 2 aromatic rings. The van der Waals surface area contributed by atoms with Crippen LogP contribution in [0.3, 0.4) is 0 Å². The number of nitrogens with two attached hydrogens (primary N) is 1. The maximum atomic E-state index is 11.5. The average Bonchev–Trinajstić information content (AvgIpc) is 2.45. The van der Waals surface area contributed by atoms with E-state index in [1.807, 2.05) is 32.0 Å². The lowest BCUT2D eigenvalue weighted by molar-refractivity contribution is -0.385. The van der Waals surface area contributed by atoms with E-state index in [0.717, 1.165) is 22.8 Å². The fourth-order valence-electron chi connectivity index (χ4n) is 2.20. The molecule has 0 heterocycles. The van der Waals surface area contributed by atoms with Gasteiger partial charge in [0.1, 0.15) is 0 Å². The van der Waals surface area contributed by atoms with Crippen molar-refractivity contribution in [3.63, 3.8) is 0 Å². The normalized spacial score (nSPS) is 11.3. The van der Waals surface area contributed by atoms with Crippen molar-refractivity contribution >= 4 is 21.4 Å². The minimum absolute atomic E-state index is 0.296. The summed E-state index contributed by atoms with van der Waals surface area (Å²) in [6.07, 6.45) is 0. The molecule has 0 aliphatic heterocycles. The SMILES string of the molecule is Cc1ccc(CNc2cc([N+](=O)[O-])cc(S(N)(=O)=O)c2)c(C)c1. The van der Waals surface area contributed by atoms with Crippen molar-refractivity contribution in [2.45, 2.75) is 25.3 Å². The van der Waals surface area contributed by atoms with Crippen LogP contribution in [0.5, 0.6) is 0 Å². The molecule has 0 aliphatic rings. The van der Waals surface area contributed by atoms with E-state index in [4.69, 9.17) is 5.14 Å². The molecule has 0 saturated heterocycles. The lowest BCUT2D eigenvalue weighted by Gasteiger charge is -2.11. The largest absolute Gasteiger partial charge is 0.381 e. The van der Waals surface area contributed by atoms with E-state index in [1.54, 1.807) is 0 Å². The molecule has 0 spiro atoms. The zero-order chi connectivity index (χ0) is 17.2. The number of nitrogens with one attached hydrogen (secondary N) is 1. The number of primary sulfonamides is 1. The van der Waals surface area contributed by atoms with Crippen LogP contribution < -0.4 is 10.5 Å². The summed E-state index contributed by atoms with van der Waals surface area (Å²) in [6.45, 7) is 4.37. The highest BCUT2D eigenvalue weighted by Crippen LogP contribution is 2.24. The number of nitro benzene ring substituents is 1. The van der Waals surface area contributed by atoms with E-state index >= 15 is 0 Å². The number of hydrogen-bond donors (Lipinski definition) is 2. The van der Waals surface area contributed by atoms with E-state index in [9.17, 15) is 18.5 Å². The van der Waals surface area contributed by atoms with Gasteiger partial charge in [0.15, 0.2) is 0 Å². The number of aryl methyl sites for hydroxylation is 2. The van der Waals surface area contributed by atoms with Gasteiger partial charge < -0.3 is 5.32 Å². The van der Waals surface area contributed by atoms with Crippen LogP contribution in [0.15, 0.2) is 41.3 Å². The highest BCUT2D eigenvalue weighted by molar-refractivity contribution is 7.89. The maximum Gasteiger partial charge on any atom is 0.272 e. The Labute approximate surface area is 134 Å². The minimum Gasteiger partial charge on any atom is -0.381 e. The van der Waals surface area contributed by atoms with E-state index in [0.29, 0.717) is 12.2 Å². The molecule has 0 aliphatic carbocycles. The first-order valence-electron chi connectivity index (χ1n) is 6.79. The van der Waals surface area contributed by atoms with Crippen LogP contribution >= 0.6 is 0 Å². The third-order valence-corrected chi connectivity index (χ3v) is 4.30. The summed E-state index contributed by atoms with van der Waals surface area (Å²) < 4.78 is 22.9. The number of rotatable bonds is 5. The second-order valence-electron chi connectivity index (χ2n) is 5.30. The molecule has 0 bridgehead atoms. The fraction of sp³-hybridized carbons (Fsp3) is 0.200. The van der Waals surface area contributed by atoms with E-state index < -0.39 is 14.9 Å². The molecular formula is C15H17N3O4S. The molecule has 0 fully saturated rings. The summed E-state index contributed by atoms with van der Waals surface area (Å²) in [4.78, 5) is 9.99. The zero-order valence-electron chi connectivity index (χ0n) is 12.7. The summed E-state index contributed by atoms with van der Waals surface area (Å²) >= 11 is 0. The van der Waals surface area contributed by atoms with E-state index in [-0.39, 0.29) is 10.6 Å². The standard InChI is InChI=1S/C15H17N3O4S/c1-10-3-4-12(11(2)5-10)9-17-13-6-14(18(19)20)8-15(7-13)23(16,21)22/h3-8,17H,9H2,1-2H3,(H2,16,21,22). The van der Waals surface area contributed by atoms with E-state index in [1.165, 1.54) is 12.1 Å². The second-order valence-corrected chi connectivity index (χ2v) is 6.86. The Bertz CT molecular complexity index is 863. The van der Waals surface area contributed by atoms with Gasteiger partial charge in [0.2, 0.25) is 10.0 Å². The molecule has 0 radical (unpaired) electrons. The van der Waals surface area contributed by atoms with Crippen molar-refractivity contribution in [3.05, 3.63) is 63.2 Å². The van der Waals surface area contributed by atoms with Crippen molar-refractivity contribution < 1.29 is 13.3 Å². The van der Waals surface area contributed by atoms with Gasteiger partial charge in [-0.2, -0.15) is 0 Å². The summed E-state index contributed by atoms with van der Waals surface area (Å²) in [5.74, 6) is 0. The molecule has 2 rings (SSSR count). The third-order valence-electron chi connectivity index (χ3n) is 3.41. The quantitative estimate of drug-likeness (QED) is 0.643. The highest BCUT2D eigenvalue weighted by Gasteiger charge is 2.16. The lowest BCUT2D eigenvalue weighted by Crippen LogP contribution is -2.13. The predicted octanol–water partition coefficient (Wildman–Crippen LogP) is 2.47. The van der Waals surface area contributed by atoms with Gasteiger partial charge in [-0.05, 0) is 31.0 Å². The van der Waals surface area contributed by atoms with Gasteiger partial charge in [-0.1, -0.05) is 23.8 Å². The number of non-ortho nitro benzene ring substituents is 1. The molecule has 23 heavy (non-hydrogen) atoms. The van der Waals surface area contributed by atoms with Gasteiger partial charge in [-0.15, -0.1) is 0 Å². The van der Waals surface area contributed by atoms with Crippen LogP contribution in [-0.2, 0) is 16.6 Å². The van der Waals surface area contributed by atoms with Gasteiger partial charge in [0.25, 0.3) is 5.69 Å². The zero-order valence-corrected chi connectivity index (χ0v) is 13.6. The summed E-state index contributed by atoms with van der Waals surface area (Å²) in [5, 5.41) is 19.0. The predicted molar refractivity (Wildman–Crippen MR) is 87.7 cm³/mol. The molecule has 3 N–H and O–H groups in total. The highest BCUT2D eigenvalue weighted by atomic mass is 32.2. The molecule has 0 saturated carbocycles. The Morgan fingerprint density at radius 3 is 2.43 bits per heavy atom. The second kappa shape index (κ2) is 6.35. The number of sulfonamides is 1. The van der Waals surface area contributed by atoms with Crippen LogP contribution in [0.25, 0.3) is 0 Å². The Morgan fingerprint density at radius 2 is 1.87 bits per heavy atom. The van der Waals surface area contributed by atoms with Crippen LogP contribution in [-0.4, -0.2) is 13.3 Å². The maximum absolute atomic E-state index is 11.5. The summed E-state index contributed by atoms with van der Waals surface area (Å²) in [6, 6.07) is 9.45. The molecule has 0 amide bonds. The van der Waals surface area contributed by atoms with Crippen LogP contribution in [0, 0.1) is 24.0 Å². The first-order valence-corrected chi connectivity index (χ1v) is 8.34. The van der Waals surface area contributed by atoms with Crippen molar-refractivity contribution in [1.29, 1.82) is 0 Å². The average molecular weight is 335 g/mol. The number of nitrogens with zero attached hydrogens (tertiary/aromatic N) is 1. The molecule has 0 atom stereocenters. The molecule has 2 aromatic carbocycles. The lowest BCUT2D eigenvalue weighted by atomic mass is 10.1. The summed E-state index contributed by atoms with van der Waals surface area (Å²) in [7, 11) is -4.02. The summed E-state index contributed by atoms with van der Waals surface area (Å²) in [5.41, 5.74) is 3.22. The van der Waals surface area contributed by atoms with Gasteiger partial charge in [-0.3, -0.25) is 10.1 Å². The third kappa shape index (κ3) is 4.27. The fourth-order valence-corrected chi connectivity index (χ4v) is 2.77. The molecule has 0 aromatic heterocycles. The first kappa shape index (κ1) is 16.9. The molecular weight excluding hydrogens is 318 g/mol. The number of hydrogen-bond acceptors (Lipinski definition) is 5. The smallest absolute Gasteiger partial charge is 0.272 e. The molecule has 0 unspecified atom stereocenters.